The molecule has 6 nitrogen and oxygen atoms in total. The predicted octanol–water partition coefficient (Wildman–Crippen LogP) is 4.50. The summed E-state index contributed by atoms with van der Waals surface area (Å²) in [6.07, 6.45) is 0. The highest BCUT2D eigenvalue weighted by Crippen LogP contribution is 2.32. The molecule has 0 unspecified atom stereocenters. The minimum atomic E-state index is -1.35. The number of fused-ring (bicyclic) bond motifs is 1. The molecule has 2 aromatic carbocycles. The van der Waals surface area contributed by atoms with Gasteiger partial charge in [0.15, 0.2) is 5.58 Å². The number of anilines is 1. The van der Waals surface area contributed by atoms with Crippen LogP contribution >= 0.6 is 11.3 Å². The van der Waals surface area contributed by atoms with Crippen LogP contribution in [-0.4, -0.2) is 24.0 Å². The van der Waals surface area contributed by atoms with Gasteiger partial charge in [0, 0.05) is 18.7 Å². The molecule has 0 aliphatic carbocycles. The van der Waals surface area contributed by atoms with E-state index in [2.05, 4.69) is 0 Å². The Labute approximate surface area is 169 Å². The second kappa shape index (κ2) is 7.37. The van der Waals surface area contributed by atoms with Crippen molar-refractivity contribution in [2.24, 2.45) is 0 Å². The van der Waals surface area contributed by atoms with Crippen LogP contribution < -0.4 is 10.5 Å². The first-order valence-corrected chi connectivity index (χ1v) is 9.50. The molecule has 7 heteroatoms. The second-order valence-electron chi connectivity index (χ2n) is 6.38. The Morgan fingerprint density at radius 3 is 2.41 bits per heavy atom. The van der Waals surface area contributed by atoms with Gasteiger partial charge in [-0.15, -0.1) is 11.3 Å². The molecule has 0 aliphatic heterocycles. The molecule has 0 spiro atoms. The summed E-state index contributed by atoms with van der Waals surface area (Å²) in [5.41, 5.74) is 1.35. The molecule has 0 bridgehead atoms. The Morgan fingerprint density at radius 1 is 0.966 bits per heavy atom. The lowest BCUT2D eigenvalue weighted by Gasteiger charge is -2.15. The van der Waals surface area contributed by atoms with Crippen molar-refractivity contribution in [1.29, 1.82) is 0 Å². The van der Waals surface area contributed by atoms with E-state index in [0.29, 0.717) is 15.3 Å². The first kappa shape index (κ1) is 18.6. The average molecular weight is 405 g/mol. The van der Waals surface area contributed by atoms with Crippen LogP contribution in [-0.2, 0) is 0 Å². The van der Waals surface area contributed by atoms with Crippen LogP contribution in [0.25, 0.3) is 21.4 Å². The minimum absolute atomic E-state index is 0.227. The highest BCUT2D eigenvalue weighted by molar-refractivity contribution is 7.22. The van der Waals surface area contributed by atoms with Crippen molar-refractivity contribution in [3.8, 4) is 11.1 Å². The van der Waals surface area contributed by atoms with Crippen LogP contribution in [0.3, 0.4) is 0 Å². The Bertz CT molecular complexity index is 1290. The maximum Gasteiger partial charge on any atom is 0.351 e. The van der Waals surface area contributed by atoms with Crippen molar-refractivity contribution < 1.29 is 19.1 Å². The molecular weight excluding hydrogens is 390 g/mol. The topological polar surface area (TPSA) is 87.8 Å². The van der Waals surface area contributed by atoms with Crippen LogP contribution in [0, 0.1) is 0 Å². The van der Waals surface area contributed by atoms with Crippen molar-refractivity contribution >= 4 is 38.5 Å². The van der Waals surface area contributed by atoms with Crippen molar-refractivity contribution in [3.05, 3.63) is 88.3 Å². The molecule has 0 radical (unpaired) electrons. The van der Waals surface area contributed by atoms with Crippen LogP contribution in [0.2, 0.25) is 0 Å². The van der Waals surface area contributed by atoms with E-state index in [9.17, 15) is 14.4 Å². The number of carboxylic acids is 1. The molecule has 1 N–H and O–H groups in total. The van der Waals surface area contributed by atoms with E-state index >= 15 is 0 Å². The molecule has 2 aromatic heterocycles. The van der Waals surface area contributed by atoms with Crippen LogP contribution in [0.15, 0.2) is 75.9 Å². The van der Waals surface area contributed by atoms with Crippen LogP contribution in [0.5, 0.6) is 0 Å². The van der Waals surface area contributed by atoms with Crippen molar-refractivity contribution in [2.75, 3.05) is 11.9 Å². The fourth-order valence-electron chi connectivity index (χ4n) is 2.97. The lowest BCUT2D eigenvalue weighted by atomic mass is 10.0. The zero-order valence-corrected chi connectivity index (χ0v) is 16.1. The summed E-state index contributed by atoms with van der Waals surface area (Å²) < 4.78 is 5.56. The summed E-state index contributed by atoms with van der Waals surface area (Å²) in [7, 11) is 1.62. The summed E-state index contributed by atoms with van der Waals surface area (Å²) in [5.74, 6) is -1.58. The Balaban J connectivity index is 1.68. The molecule has 2 heterocycles. The van der Waals surface area contributed by atoms with Gasteiger partial charge < -0.3 is 14.4 Å². The standard InChI is InChI=1S/C22H15NO5S/c1-23(19-12-17-18(29-19)11-16(21(25)26)22(27)28-17)20(24)15-9-5-8-14(10-15)13-6-3-2-4-7-13/h2-12H,1H3,(H,25,26). The largest absolute Gasteiger partial charge is 0.477 e. The first-order chi connectivity index (χ1) is 13.9. The molecule has 0 fully saturated rings. The first-order valence-electron chi connectivity index (χ1n) is 8.68. The number of hydrogen-bond acceptors (Lipinski definition) is 5. The van der Waals surface area contributed by atoms with E-state index in [4.69, 9.17) is 9.52 Å². The van der Waals surface area contributed by atoms with Gasteiger partial charge in [0.1, 0.15) is 10.6 Å². The third-order valence-electron chi connectivity index (χ3n) is 4.49. The van der Waals surface area contributed by atoms with E-state index < -0.39 is 17.2 Å². The summed E-state index contributed by atoms with van der Waals surface area (Å²) >= 11 is 1.18. The molecule has 0 saturated carbocycles. The molecule has 29 heavy (non-hydrogen) atoms. The highest BCUT2D eigenvalue weighted by Gasteiger charge is 2.19. The minimum Gasteiger partial charge on any atom is -0.477 e. The zero-order chi connectivity index (χ0) is 20.5. The molecule has 4 aromatic rings. The number of hydrogen-bond donors (Lipinski definition) is 1. The lowest BCUT2D eigenvalue weighted by Crippen LogP contribution is -2.25. The van der Waals surface area contributed by atoms with Gasteiger partial charge in [-0.25, -0.2) is 9.59 Å². The van der Waals surface area contributed by atoms with Gasteiger partial charge in [0.25, 0.3) is 5.91 Å². The third kappa shape index (κ3) is 3.55. The number of benzene rings is 2. The Kier molecular flexibility index (Phi) is 4.74. The predicted molar refractivity (Wildman–Crippen MR) is 112 cm³/mol. The number of aromatic carboxylic acids is 1. The van der Waals surface area contributed by atoms with Gasteiger partial charge in [0.2, 0.25) is 0 Å². The summed E-state index contributed by atoms with van der Waals surface area (Å²) in [4.78, 5) is 37.3. The SMILES string of the molecule is CN(C(=O)c1cccc(-c2ccccc2)c1)c1cc2oc(=O)c(C(=O)O)cc2s1. The maximum atomic E-state index is 13.0. The fourth-order valence-corrected chi connectivity index (χ4v) is 3.96. The Hall–Kier alpha value is -3.71. The number of rotatable bonds is 4. The number of carboxylic acid groups (broad SMARTS) is 1. The van der Waals surface area contributed by atoms with Gasteiger partial charge >= 0.3 is 11.6 Å². The van der Waals surface area contributed by atoms with E-state index in [0.717, 1.165) is 11.1 Å². The monoisotopic (exact) mass is 405 g/mol. The van der Waals surface area contributed by atoms with Crippen LogP contribution in [0.1, 0.15) is 20.7 Å². The molecule has 1 amide bonds. The number of nitrogens with zero attached hydrogens (tertiary/aromatic N) is 1. The molecule has 0 saturated heterocycles. The van der Waals surface area contributed by atoms with Gasteiger partial charge in [-0.1, -0.05) is 42.5 Å². The molecule has 144 valence electrons. The fraction of sp³-hybridized carbons (Fsp3) is 0.0455. The smallest absolute Gasteiger partial charge is 0.351 e. The molecule has 0 aliphatic rings. The summed E-state index contributed by atoms with van der Waals surface area (Å²) in [6.45, 7) is 0. The van der Waals surface area contributed by atoms with Crippen molar-refractivity contribution in [2.45, 2.75) is 0 Å². The molecular formula is C22H15NO5S. The average Bonchev–Trinajstić information content (AvgIpc) is 3.15. The van der Waals surface area contributed by atoms with E-state index in [1.165, 1.54) is 22.3 Å². The lowest BCUT2D eigenvalue weighted by molar-refractivity contribution is 0.0692. The Morgan fingerprint density at radius 2 is 1.69 bits per heavy atom. The number of amides is 1. The van der Waals surface area contributed by atoms with Crippen molar-refractivity contribution in [3.63, 3.8) is 0 Å². The number of carbonyl (C=O) groups is 2. The summed E-state index contributed by atoms with van der Waals surface area (Å²) in [6, 6.07) is 19.9. The van der Waals surface area contributed by atoms with Gasteiger partial charge in [-0.3, -0.25) is 4.79 Å². The molecule has 4 rings (SSSR count). The number of thiophene rings is 1. The van der Waals surface area contributed by atoms with Gasteiger partial charge in [-0.05, 0) is 29.3 Å². The van der Waals surface area contributed by atoms with E-state index in [1.54, 1.807) is 19.2 Å². The highest BCUT2D eigenvalue weighted by atomic mass is 32.1. The summed E-state index contributed by atoms with van der Waals surface area (Å²) in [5, 5.41) is 9.62. The third-order valence-corrected chi connectivity index (χ3v) is 5.63. The van der Waals surface area contributed by atoms with E-state index in [-0.39, 0.29) is 11.5 Å². The van der Waals surface area contributed by atoms with Gasteiger partial charge in [0.05, 0.1) is 4.70 Å². The van der Waals surface area contributed by atoms with Gasteiger partial charge in [-0.2, -0.15) is 0 Å². The zero-order valence-electron chi connectivity index (χ0n) is 15.3. The van der Waals surface area contributed by atoms with Crippen molar-refractivity contribution in [1.82, 2.24) is 0 Å². The maximum absolute atomic E-state index is 13.0. The second-order valence-corrected chi connectivity index (χ2v) is 7.44. The molecule has 0 atom stereocenters. The van der Waals surface area contributed by atoms with Crippen LogP contribution in [0.4, 0.5) is 5.00 Å². The quantitative estimate of drug-likeness (QED) is 0.540. The number of carbonyl (C=O) groups excluding carboxylic acids is 1. The normalized spacial score (nSPS) is 10.8. The van der Waals surface area contributed by atoms with E-state index in [1.807, 2.05) is 48.5 Å².